The molecule has 0 amide bonds. The lowest BCUT2D eigenvalue weighted by Gasteiger charge is -2.24. The van der Waals surface area contributed by atoms with Gasteiger partial charge in [0.15, 0.2) is 4.90 Å². The lowest BCUT2D eigenvalue weighted by molar-refractivity contribution is 0.406. The molecule has 10 heteroatoms. The van der Waals surface area contributed by atoms with Crippen molar-refractivity contribution in [3.05, 3.63) is 99.4 Å². The van der Waals surface area contributed by atoms with Gasteiger partial charge in [-0.15, -0.1) is 0 Å². The Morgan fingerprint density at radius 2 is 1.68 bits per heavy atom. The maximum Gasteiger partial charge on any atom is 0.277 e. The highest BCUT2D eigenvalue weighted by molar-refractivity contribution is 7.91. The standard InChI is InChI=1S/C30H31F2N3O4S/c1-5-7-8-27-34-29(36)28(30(37)35(27)25(6-2)21-15-18(3)16-22(31)17-21)40(38,39)23-11-9-20(10-12-23)24-13-14-26(32)33-19(24)4/h9-17,25,36H,5-8H2,1-4H3/t25-/m0/s1. The molecule has 0 aliphatic carbocycles. The molecule has 4 aromatic rings. The third kappa shape index (κ3) is 5.67. The summed E-state index contributed by atoms with van der Waals surface area (Å²) in [6.45, 7) is 7.15. The van der Waals surface area contributed by atoms with E-state index in [1.54, 1.807) is 26.0 Å². The normalized spacial score (nSPS) is 12.4. The quantitative estimate of drug-likeness (QED) is 0.246. The molecule has 1 atom stereocenters. The molecule has 4 rings (SSSR count). The Kier molecular flexibility index (Phi) is 8.48. The number of halogens is 2. The van der Waals surface area contributed by atoms with Gasteiger partial charge in [0.25, 0.3) is 5.56 Å². The van der Waals surface area contributed by atoms with Crippen molar-refractivity contribution in [2.24, 2.45) is 0 Å². The molecule has 210 valence electrons. The number of nitrogens with zero attached hydrogens (tertiary/aromatic N) is 3. The van der Waals surface area contributed by atoms with Gasteiger partial charge in [0.2, 0.25) is 21.7 Å². The molecule has 1 N–H and O–H groups in total. The Labute approximate surface area is 232 Å². The van der Waals surface area contributed by atoms with Crippen LogP contribution in [0.4, 0.5) is 8.78 Å². The van der Waals surface area contributed by atoms with Gasteiger partial charge in [-0.3, -0.25) is 9.36 Å². The van der Waals surface area contributed by atoms with Crippen LogP contribution in [0.25, 0.3) is 11.1 Å². The van der Waals surface area contributed by atoms with Crippen LogP contribution >= 0.6 is 0 Å². The summed E-state index contributed by atoms with van der Waals surface area (Å²) in [5.74, 6) is -1.74. The number of aromatic hydroxyl groups is 1. The smallest absolute Gasteiger partial charge is 0.277 e. The summed E-state index contributed by atoms with van der Waals surface area (Å²) in [5.41, 5.74) is 1.89. The van der Waals surface area contributed by atoms with Gasteiger partial charge in [-0.25, -0.2) is 17.8 Å². The molecule has 2 heterocycles. The number of aromatic nitrogens is 3. The van der Waals surface area contributed by atoms with E-state index < -0.39 is 44.0 Å². The fraction of sp³-hybridized carbons (Fsp3) is 0.300. The molecule has 0 bridgehead atoms. The van der Waals surface area contributed by atoms with Crippen LogP contribution in [0, 0.1) is 25.6 Å². The van der Waals surface area contributed by atoms with Crippen molar-refractivity contribution in [1.29, 1.82) is 0 Å². The molecule has 40 heavy (non-hydrogen) atoms. The van der Waals surface area contributed by atoms with Gasteiger partial charge in [0.1, 0.15) is 11.6 Å². The van der Waals surface area contributed by atoms with Gasteiger partial charge in [0, 0.05) is 17.7 Å². The fourth-order valence-corrected chi connectivity index (χ4v) is 6.25. The molecule has 0 saturated heterocycles. The van der Waals surface area contributed by atoms with Gasteiger partial charge < -0.3 is 5.11 Å². The summed E-state index contributed by atoms with van der Waals surface area (Å²) in [6, 6.07) is 12.2. The summed E-state index contributed by atoms with van der Waals surface area (Å²) < 4.78 is 56.5. The van der Waals surface area contributed by atoms with E-state index >= 15 is 0 Å². The average molecular weight is 568 g/mol. The number of hydrogen-bond donors (Lipinski definition) is 1. The molecule has 2 aromatic carbocycles. The molecule has 0 aliphatic rings. The lowest BCUT2D eigenvalue weighted by Crippen LogP contribution is -2.33. The van der Waals surface area contributed by atoms with Crippen LogP contribution in [0.1, 0.15) is 61.8 Å². The molecule has 2 aromatic heterocycles. The predicted octanol–water partition coefficient (Wildman–Crippen LogP) is 6.08. The SMILES string of the molecule is CCCCc1nc(O)c(S(=O)(=O)c2ccc(-c3ccc(F)nc3C)cc2)c(=O)n1[C@@H](CC)c1cc(C)cc(F)c1. The number of aryl methyl sites for hydroxylation is 3. The predicted molar refractivity (Wildman–Crippen MR) is 148 cm³/mol. The molecule has 0 saturated carbocycles. The van der Waals surface area contributed by atoms with E-state index in [-0.39, 0.29) is 10.7 Å². The zero-order chi connectivity index (χ0) is 29.2. The van der Waals surface area contributed by atoms with Crippen molar-refractivity contribution >= 4 is 9.84 Å². The van der Waals surface area contributed by atoms with E-state index in [4.69, 9.17) is 0 Å². The number of unbranched alkanes of at least 4 members (excludes halogenated alkanes) is 1. The lowest BCUT2D eigenvalue weighted by atomic mass is 10.0. The molecule has 0 radical (unpaired) electrons. The summed E-state index contributed by atoms with van der Waals surface area (Å²) in [4.78, 5) is 20.9. The highest BCUT2D eigenvalue weighted by atomic mass is 32.2. The average Bonchev–Trinajstić information content (AvgIpc) is 2.88. The minimum absolute atomic E-state index is 0.222. The zero-order valence-corrected chi connectivity index (χ0v) is 23.6. The highest BCUT2D eigenvalue weighted by Gasteiger charge is 2.31. The van der Waals surface area contributed by atoms with Crippen molar-refractivity contribution in [1.82, 2.24) is 14.5 Å². The number of sulfone groups is 1. The van der Waals surface area contributed by atoms with E-state index in [0.29, 0.717) is 47.2 Å². The largest absolute Gasteiger partial charge is 0.492 e. The van der Waals surface area contributed by atoms with Crippen molar-refractivity contribution < 1.29 is 22.3 Å². The summed E-state index contributed by atoms with van der Waals surface area (Å²) in [6.07, 6.45) is 2.11. The van der Waals surface area contributed by atoms with Gasteiger partial charge in [-0.2, -0.15) is 9.37 Å². The van der Waals surface area contributed by atoms with Crippen LogP contribution in [-0.4, -0.2) is 28.1 Å². The number of pyridine rings is 1. The Balaban J connectivity index is 1.87. The summed E-state index contributed by atoms with van der Waals surface area (Å²) >= 11 is 0. The third-order valence-electron chi connectivity index (χ3n) is 6.83. The third-order valence-corrected chi connectivity index (χ3v) is 8.61. The van der Waals surface area contributed by atoms with Crippen LogP contribution < -0.4 is 5.56 Å². The number of rotatable bonds is 9. The van der Waals surface area contributed by atoms with Crippen LogP contribution in [0.15, 0.2) is 69.2 Å². The maximum atomic E-state index is 14.3. The second-order valence-corrected chi connectivity index (χ2v) is 11.6. The second kappa shape index (κ2) is 11.7. The molecule has 0 unspecified atom stereocenters. The van der Waals surface area contributed by atoms with E-state index in [1.807, 2.05) is 13.8 Å². The first-order valence-corrected chi connectivity index (χ1v) is 14.6. The van der Waals surface area contributed by atoms with Crippen LogP contribution in [0.3, 0.4) is 0 Å². The van der Waals surface area contributed by atoms with Crippen molar-refractivity contribution in [3.8, 4) is 17.0 Å². The number of benzene rings is 2. The maximum absolute atomic E-state index is 14.3. The highest BCUT2D eigenvalue weighted by Crippen LogP contribution is 2.31. The van der Waals surface area contributed by atoms with E-state index in [0.717, 1.165) is 6.42 Å². The van der Waals surface area contributed by atoms with Crippen LogP contribution in [0.5, 0.6) is 5.88 Å². The Hall–Kier alpha value is -3.92. The minimum Gasteiger partial charge on any atom is -0.492 e. The summed E-state index contributed by atoms with van der Waals surface area (Å²) in [5, 5.41) is 10.8. The Morgan fingerprint density at radius 3 is 2.27 bits per heavy atom. The van der Waals surface area contributed by atoms with E-state index in [2.05, 4.69) is 9.97 Å². The van der Waals surface area contributed by atoms with Crippen molar-refractivity contribution in [2.45, 2.75) is 69.2 Å². The molecule has 0 spiro atoms. The van der Waals surface area contributed by atoms with Crippen molar-refractivity contribution in [2.75, 3.05) is 0 Å². The zero-order valence-electron chi connectivity index (χ0n) is 22.8. The minimum atomic E-state index is -4.51. The topological polar surface area (TPSA) is 102 Å². The van der Waals surface area contributed by atoms with Crippen LogP contribution in [0.2, 0.25) is 0 Å². The van der Waals surface area contributed by atoms with E-state index in [1.165, 1.54) is 47.0 Å². The number of hydrogen-bond acceptors (Lipinski definition) is 6. The fourth-order valence-electron chi connectivity index (χ4n) is 4.91. The summed E-state index contributed by atoms with van der Waals surface area (Å²) in [7, 11) is -4.51. The first kappa shape index (κ1) is 29.1. The molecule has 0 fully saturated rings. The molecule has 7 nitrogen and oxygen atoms in total. The van der Waals surface area contributed by atoms with E-state index in [9.17, 15) is 27.1 Å². The second-order valence-electron chi connectivity index (χ2n) is 9.74. The monoisotopic (exact) mass is 567 g/mol. The van der Waals surface area contributed by atoms with Gasteiger partial charge in [0.05, 0.1) is 10.9 Å². The Bertz CT molecular complexity index is 1700. The Morgan fingerprint density at radius 1 is 0.975 bits per heavy atom. The van der Waals surface area contributed by atoms with Crippen LogP contribution in [-0.2, 0) is 16.3 Å². The van der Waals surface area contributed by atoms with Gasteiger partial charge >= 0.3 is 0 Å². The van der Waals surface area contributed by atoms with Gasteiger partial charge in [-0.05, 0) is 79.8 Å². The first-order chi connectivity index (χ1) is 19.0. The molecular weight excluding hydrogens is 536 g/mol. The van der Waals surface area contributed by atoms with Crippen molar-refractivity contribution in [3.63, 3.8) is 0 Å². The molecule has 0 aliphatic heterocycles. The van der Waals surface area contributed by atoms with Gasteiger partial charge in [-0.1, -0.05) is 38.5 Å². The first-order valence-electron chi connectivity index (χ1n) is 13.1. The molecular formula is C30H31F2N3O4S.